The van der Waals surface area contributed by atoms with E-state index >= 15 is 0 Å². The minimum atomic E-state index is 0.0117. The molecule has 0 saturated heterocycles. The van der Waals surface area contributed by atoms with Crippen LogP contribution in [-0.2, 0) is 11.3 Å². The fourth-order valence-electron chi connectivity index (χ4n) is 2.87. The van der Waals surface area contributed by atoms with Crippen LogP contribution in [0.2, 0.25) is 0 Å². The third kappa shape index (κ3) is 2.91. The van der Waals surface area contributed by atoms with Crippen molar-refractivity contribution in [1.29, 1.82) is 0 Å². The highest BCUT2D eigenvalue weighted by atomic mass is 16.5. The highest BCUT2D eigenvalue weighted by molar-refractivity contribution is 5.74. The molecule has 2 N–H and O–H groups in total. The maximum atomic E-state index is 5.20. The molecule has 0 aliphatic heterocycles. The van der Waals surface area contributed by atoms with Crippen molar-refractivity contribution in [2.24, 2.45) is 0 Å². The van der Waals surface area contributed by atoms with E-state index in [1.54, 1.807) is 11.6 Å². The Bertz CT molecular complexity index is 974. The summed E-state index contributed by atoms with van der Waals surface area (Å²) in [7, 11) is 1.64. The van der Waals surface area contributed by atoms with Gasteiger partial charge in [0, 0.05) is 13.2 Å². The summed E-state index contributed by atoms with van der Waals surface area (Å²) >= 11 is 0. The molecule has 0 fully saturated rings. The zero-order valence-electron chi connectivity index (χ0n) is 14.1. The van der Waals surface area contributed by atoms with Crippen molar-refractivity contribution in [2.45, 2.75) is 26.0 Å². The number of methoxy groups -OCH3 is 1. The molecule has 3 aromatic heterocycles. The van der Waals surface area contributed by atoms with Gasteiger partial charge >= 0.3 is 0 Å². The van der Waals surface area contributed by atoms with Gasteiger partial charge in [0.05, 0.1) is 29.4 Å². The van der Waals surface area contributed by atoms with E-state index in [1.165, 1.54) is 6.33 Å². The number of aromatic nitrogens is 6. The largest absolute Gasteiger partial charge is 0.378 e. The average molecular weight is 337 g/mol. The zero-order chi connectivity index (χ0) is 17.2. The molecule has 0 amide bonds. The first kappa shape index (κ1) is 15.5. The van der Waals surface area contributed by atoms with Crippen molar-refractivity contribution < 1.29 is 4.74 Å². The molecule has 0 unspecified atom stereocenters. The molecule has 0 aliphatic carbocycles. The van der Waals surface area contributed by atoms with Crippen molar-refractivity contribution in [3.8, 4) is 0 Å². The fraction of sp³-hybridized carbons (Fsp3) is 0.294. The molecule has 8 nitrogen and oxygen atoms in total. The monoisotopic (exact) mass is 337 g/mol. The smallest absolute Gasteiger partial charge is 0.254 e. The normalized spacial score (nSPS) is 12.7. The van der Waals surface area contributed by atoms with Gasteiger partial charge in [0.15, 0.2) is 0 Å². The molecule has 0 radical (unpaired) electrons. The van der Waals surface area contributed by atoms with E-state index in [0.29, 0.717) is 12.4 Å². The molecule has 0 spiro atoms. The second kappa shape index (κ2) is 6.48. The van der Waals surface area contributed by atoms with Crippen molar-refractivity contribution >= 4 is 22.6 Å². The van der Waals surface area contributed by atoms with Crippen LogP contribution < -0.4 is 5.32 Å². The number of hydrogen-bond acceptors (Lipinski definition) is 6. The molecule has 0 aliphatic rings. The predicted molar refractivity (Wildman–Crippen MR) is 94.2 cm³/mol. The van der Waals surface area contributed by atoms with Crippen molar-refractivity contribution in [3.05, 3.63) is 48.2 Å². The van der Waals surface area contributed by atoms with Crippen LogP contribution in [0, 0.1) is 0 Å². The number of H-pyrrole nitrogens is 1. The van der Waals surface area contributed by atoms with Gasteiger partial charge in [-0.15, -0.1) is 0 Å². The summed E-state index contributed by atoms with van der Waals surface area (Å²) in [6, 6.07) is 9.95. The molecule has 4 aromatic rings. The maximum absolute atomic E-state index is 5.20. The summed E-state index contributed by atoms with van der Waals surface area (Å²) in [6.07, 6.45) is 2.35. The van der Waals surface area contributed by atoms with Gasteiger partial charge in [-0.25, -0.2) is 9.97 Å². The highest BCUT2D eigenvalue weighted by Crippen LogP contribution is 2.23. The van der Waals surface area contributed by atoms with Crippen molar-refractivity contribution in [2.75, 3.05) is 12.4 Å². The lowest BCUT2D eigenvalue weighted by molar-refractivity contribution is 0.181. The van der Waals surface area contributed by atoms with Gasteiger partial charge in [-0.05, 0) is 18.6 Å². The van der Waals surface area contributed by atoms with Crippen molar-refractivity contribution in [1.82, 2.24) is 29.5 Å². The van der Waals surface area contributed by atoms with Crippen LogP contribution in [0.25, 0.3) is 16.8 Å². The van der Waals surface area contributed by atoms with Crippen LogP contribution in [0.15, 0.2) is 36.7 Å². The number of ether oxygens (including phenoxy) is 1. The Hall–Kier alpha value is -3.00. The lowest BCUT2D eigenvalue weighted by Crippen LogP contribution is -2.15. The Balaban J connectivity index is 1.71. The molecule has 1 atom stereocenters. The fourth-order valence-corrected chi connectivity index (χ4v) is 2.87. The van der Waals surface area contributed by atoms with E-state index in [1.807, 2.05) is 30.3 Å². The number of imidazole rings is 1. The van der Waals surface area contributed by atoms with Crippen LogP contribution in [0.5, 0.6) is 0 Å². The van der Waals surface area contributed by atoms with E-state index in [9.17, 15) is 0 Å². The lowest BCUT2D eigenvalue weighted by atomic mass is 10.2. The lowest BCUT2D eigenvalue weighted by Gasteiger charge is -2.17. The average Bonchev–Trinajstić information content (AvgIpc) is 3.26. The van der Waals surface area contributed by atoms with E-state index in [2.05, 4.69) is 32.3 Å². The molecule has 3 heterocycles. The standard InChI is InChI=1S/C17H19N7O/c1-3-12(16-22-13-6-4-5-7-14(13)23-16)21-15-8-11(9-25-2)20-17-18-10-19-24(15)17/h4-8,10,12,21H,3,9H2,1-2H3,(H,22,23)/t12-/m0/s1. The second-order valence-corrected chi connectivity index (χ2v) is 5.78. The Morgan fingerprint density at radius 2 is 2.16 bits per heavy atom. The quantitative estimate of drug-likeness (QED) is 0.562. The van der Waals surface area contributed by atoms with Crippen LogP contribution >= 0.6 is 0 Å². The summed E-state index contributed by atoms with van der Waals surface area (Å²) in [5, 5.41) is 7.76. The number of benzene rings is 1. The van der Waals surface area contributed by atoms with Gasteiger partial charge in [0.2, 0.25) is 0 Å². The summed E-state index contributed by atoms with van der Waals surface area (Å²) in [5.74, 6) is 2.24. The van der Waals surface area contributed by atoms with Gasteiger partial charge in [-0.2, -0.15) is 14.6 Å². The number of aromatic amines is 1. The van der Waals surface area contributed by atoms with E-state index in [4.69, 9.17) is 9.72 Å². The molecule has 0 saturated carbocycles. The van der Waals surface area contributed by atoms with Crippen LogP contribution in [0.1, 0.15) is 30.9 Å². The Kier molecular flexibility index (Phi) is 4.02. The van der Waals surface area contributed by atoms with Gasteiger partial charge < -0.3 is 15.0 Å². The van der Waals surface area contributed by atoms with E-state index in [-0.39, 0.29) is 6.04 Å². The van der Waals surface area contributed by atoms with Gasteiger partial charge in [-0.1, -0.05) is 19.1 Å². The van der Waals surface area contributed by atoms with E-state index < -0.39 is 0 Å². The molecule has 1 aromatic carbocycles. The molecular formula is C17H19N7O. The highest BCUT2D eigenvalue weighted by Gasteiger charge is 2.17. The maximum Gasteiger partial charge on any atom is 0.254 e. The summed E-state index contributed by atoms with van der Waals surface area (Å²) in [6.45, 7) is 2.53. The first-order valence-corrected chi connectivity index (χ1v) is 8.18. The molecule has 4 rings (SSSR count). The Morgan fingerprint density at radius 1 is 1.28 bits per heavy atom. The van der Waals surface area contributed by atoms with Crippen LogP contribution in [-0.4, -0.2) is 36.7 Å². The molecule has 8 heteroatoms. The predicted octanol–water partition coefficient (Wildman–Crippen LogP) is 2.71. The number of nitrogens with zero attached hydrogens (tertiary/aromatic N) is 5. The first-order valence-electron chi connectivity index (χ1n) is 8.18. The zero-order valence-corrected chi connectivity index (χ0v) is 14.1. The molecule has 25 heavy (non-hydrogen) atoms. The number of fused-ring (bicyclic) bond motifs is 2. The number of rotatable bonds is 6. The Morgan fingerprint density at radius 3 is 2.96 bits per heavy atom. The summed E-state index contributed by atoms with van der Waals surface area (Å²) in [4.78, 5) is 16.7. The van der Waals surface area contributed by atoms with Crippen LogP contribution in [0.4, 0.5) is 5.82 Å². The minimum Gasteiger partial charge on any atom is -0.378 e. The van der Waals surface area contributed by atoms with Crippen molar-refractivity contribution in [3.63, 3.8) is 0 Å². The molecule has 128 valence electrons. The Labute approximate surface area is 144 Å². The number of nitrogens with one attached hydrogen (secondary N) is 2. The third-order valence-electron chi connectivity index (χ3n) is 4.07. The third-order valence-corrected chi connectivity index (χ3v) is 4.07. The number of anilines is 1. The van der Waals surface area contributed by atoms with E-state index in [0.717, 1.165) is 34.8 Å². The second-order valence-electron chi connectivity index (χ2n) is 5.78. The molecular weight excluding hydrogens is 318 g/mol. The van der Waals surface area contributed by atoms with Crippen LogP contribution in [0.3, 0.4) is 0 Å². The topological polar surface area (TPSA) is 93.0 Å². The summed E-state index contributed by atoms with van der Waals surface area (Å²) in [5.41, 5.74) is 2.78. The summed E-state index contributed by atoms with van der Waals surface area (Å²) < 4.78 is 6.88. The van der Waals surface area contributed by atoms with Gasteiger partial charge in [-0.3, -0.25) is 0 Å². The minimum absolute atomic E-state index is 0.0117. The first-order chi connectivity index (χ1) is 12.3. The van der Waals surface area contributed by atoms with Gasteiger partial charge in [0.25, 0.3) is 5.78 Å². The SMILES string of the molecule is CC[C@H](Nc1cc(COC)nc2ncnn12)c1nc2ccccc2[nH]1. The number of hydrogen-bond donors (Lipinski definition) is 2. The van der Waals surface area contributed by atoms with Gasteiger partial charge in [0.1, 0.15) is 18.0 Å². The molecule has 0 bridgehead atoms. The number of para-hydroxylation sites is 2.